The Kier molecular flexibility index (Phi) is 4.75. The molecule has 1 heterocycles. The number of hydrogen-bond acceptors (Lipinski definition) is 2. The van der Waals surface area contributed by atoms with Gasteiger partial charge in [-0.25, -0.2) is 0 Å². The zero-order valence-electron chi connectivity index (χ0n) is 12.5. The Morgan fingerprint density at radius 3 is 2.39 bits per heavy atom. The van der Waals surface area contributed by atoms with E-state index in [0.717, 1.165) is 12.1 Å². The van der Waals surface area contributed by atoms with Gasteiger partial charge in [0.15, 0.2) is 11.0 Å². The van der Waals surface area contributed by atoms with Gasteiger partial charge in [0.05, 0.1) is 5.56 Å². The van der Waals surface area contributed by atoms with E-state index >= 15 is 0 Å². The van der Waals surface area contributed by atoms with Crippen LogP contribution in [0.5, 0.6) is 0 Å². The van der Waals surface area contributed by atoms with Crippen LogP contribution in [-0.2, 0) is 11.6 Å². The van der Waals surface area contributed by atoms with E-state index in [1.165, 1.54) is 18.2 Å². The van der Waals surface area contributed by atoms with Gasteiger partial charge in [0.1, 0.15) is 0 Å². The minimum Gasteiger partial charge on any atom is -0.440 e. The average Bonchev–Trinajstić information content (AvgIpc) is 2.91. The van der Waals surface area contributed by atoms with Crippen LogP contribution in [0.3, 0.4) is 0 Å². The molecule has 124 valence electrons. The summed E-state index contributed by atoms with van der Waals surface area (Å²) in [5.41, 5.74) is -0.926. The van der Waals surface area contributed by atoms with E-state index in [-0.39, 0.29) is 17.5 Å². The number of benzene rings is 1. The molecule has 23 heavy (non-hydrogen) atoms. The number of halogens is 4. The lowest BCUT2D eigenvalue weighted by atomic mass is 9.83. The van der Waals surface area contributed by atoms with Crippen molar-refractivity contribution in [3.05, 3.63) is 58.5 Å². The second-order valence-electron chi connectivity index (χ2n) is 5.75. The van der Waals surface area contributed by atoms with Crippen molar-refractivity contribution in [3.63, 3.8) is 0 Å². The number of nitrogens with one attached hydrogen (secondary N) is 1. The van der Waals surface area contributed by atoms with Gasteiger partial charge in [-0.3, -0.25) is 4.79 Å². The van der Waals surface area contributed by atoms with Gasteiger partial charge in [0.2, 0.25) is 0 Å². The minimum atomic E-state index is -4.40. The molecule has 3 nitrogen and oxygen atoms in total. The first-order chi connectivity index (χ1) is 10.6. The number of alkyl halides is 3. The van der Waals surface area contributed by atoms with Gasteiger partial charge in [-0.15, -0.1) is 0 Å². The third-order valence-electron chi connectivity index (χ3n) is 3.46. The Labute approximate surface area is 136 Å². The molecule has 7 heteroatoms. The molecule has 0 saturated heterocycles. The van der Waals surface area contributed by atoms with Crippen molar-refractivity contribution in [1.82, 2.24) is 5.32 Å². The van der Waals surface area contributed by atoms with Crippen LogP contribution in [0, 0.1) is 0 Å². The average molecular weight is 346 g/mol. The minimum absolute atomic E-state index is 0.0508. The van der Waals surface area contributed by atoms with Gasteiger partial charge in [-0.1, -0.05) is 32.0 Å². The normalized spacial score (nSPS) is 12.3. The zero-order chi connectivity index (χ0) is 17.3. The summed E-state index contributed by atoms with van der Waals surface area (Å²) < 4.78 is 43.4. The Hall–Kier alpha value is -1.95. The van der Waals surface area contributed by atoms with Gasteiger partial charge >= 0.3 is 6.18 Å². The van der Waals surface area contributed by atoms with Crippen molar-refractivity contribution < 1.29 is 22.4 Å². The molecule has 1 aromatic heterocycles. The molecule has 0 aliphatic carbocycles. The molecule has 2 aromatic rings. The van der Waals surface area contributed by atoms with E-state index in [1.807, 2.05) is 0 Å². The van der Waals surface area contributed by atoms with Crippen LogP contribution >= 0.6 is 11.6 Å². The summed E-state index contributed by atoms with van der Waals surface area (Å²) in [6.07, 6.45) is -4.40. The van der Waals surface area contributed by atoms with Gasteiger partial charge in [0.25, 0.3) is 5.91 Å². The molecular formula is C16H15ClF3NO2. The summed E-state index contributed by atoms with van der Waals surface area (Å²) in [4.78, 5) is 11.9. The molecule has 0 radical (unpaired) electrons. The van der Waals surface area contributed by atoms with Gasteiger partial charge in [-0.2, -0.15) is 13.2 Å². The quantitative estimate of drug-likeness (QED) is 0.875. The maximum Gasteiger partial charge on any atom is 0.416 e. The molecule has 0 atom stereocenters. The third kappa shape index (κ3) is 4.28. The smallest absolute Gasteiger partial charge is 0.416 e. The number of rotatable bonds is 4. The molecule has 0 fully saturated rings. The summed E-state index contributed by atoms with van der Waals surface area (Å²) >= 11 is 5.60. The largest absolute Gasteiger partial charge is 0.440 e. The van der Waals surface area contributed by atoms with Crippen molar-refractivity contribution in [2.75, 3.05) is 6.54 Å². The third-order valence-corrected chi connectivity index (χ3v) is 3.66. The number of carbonyl (C=O) groups excluding carboxylic acids is 1. The van der Waals surface area contributed by atoms with E-state index < -0.39 is 23.1 Å². The van der Waals surface area contributed by atoms with E-state index in [4.69, 9.17) is 16.0 Å². The van der Waals surface area contributed by atoms with Crippen LogP contribution in [-0.4, -0.2) is 12.5 Å². The molecule has 1 amide bonds. The van der Waals surface area contributed by atoms with Crippen LogP contribution in [0.15, 0.2) is 40.8 Å². The molecule has 0 aliphatic heterocycles. The maximum atomic E-state index is 12.8. The molecule has 1 N–H and O–H groups in total. The van der Waals surface area contributed by atoms with Crippen molar-refractivity contribution >= 4 is 17.5 Å². The summed E-state index contributed by atoms with van der Waals surface area (Å²) in [6, 6.07) is 7.93. The molecule has 0 saturated carbocycles. The Balaban J connectivity index is 2.11. The van der Waals surface area contributed by atoms with Crippen molar-refractivity contribution in [1.29, 1.82) is 0 Å². The Morgan fingerprint density at radius 2 is 1.83 bits per heavy atom. The highest BCUT2D eigenvalue weighted by Gasteiger charge is 2.32. The van der Waals surface area contributed by atoms with E-state index in [1.54, 1.807) is 19.9 Å². The highest BCUT2D eigenvalue weighted by molar-refractivity contribution is 6.29. The van der Waals surface area contributed by atoms with E-state index in [9.17, 15) is 18.0 Å². The highest BCUT2D eigenvalue weighted by Crippen LogP contribution is 2.32. The van der Waals surface area contributed by atoms with Crippen molar-refractivity contribution in [2.24, 2.45) is 0 Å². The molecule has 1 aromatic carbocycles. The standard InChI is InChI=1S/C16H15ClF3NO2/c1-15(2,9-21-14(22)12-6-7-13(17)23-12)10-4-3-5-11(8-10)16(18,19)20/h3-8H,9H2,1-2H3,(H,21,22). The zero-order valence-corrected chi connectivity index (χ0v) is 13.3. The fourth-order valence-electron chi connectivity index (χ4n) is 2.04. The maximum absolute atomic E-state index is 12.8. The van der Waals surface area contributed by atoms with Gasteiger partial charge in [0, 0.05) is 12.0 Å². The van der Waals surface area contributed by atoms with Crippen molar-refractivity contribution in [3.8, 4) is 0 Å². The first kappa shape index (κ1) is 17.4. The van der Waals surface area contributed by atoms with E-state index in [0.29, 0.717) is 5.56 Å². The fourth-order valence-corrected chi connectivity index (χ4v) is 2.19. The van der Waals surface area contributed by atoms with E-state index in [2.05, 4.69) is 5.32 Å². The van der Waals surface area contributed by atoms with Crippen LogP contribution in [0.25, 0.3) is 0 Å². The number of carbonyl (C=O) groups is 1. The number of furan rings is 1. The SMILES string of the molecule is CC(C)(CNC(=O)c1ccc(Cl)o1)c1cccc(C(F)(F)F)c1. The lowest BCUT2D eigenvalue weighted by Crippen LogP contribution is -2.36. The molecule has 2 rings (SSSR count). The lowest BCUT2D eigenvalue weighted by molar-refractivity contribution is -0.137. The molecule has 0 bridgehead atoms. The highest BCUT2D eigenvalue weighted by atomic mass is 35.5. The Bertz CT molecular complexity index is 707. The van der Waals surface area contributed by atoms with Crippen LogP contribution in [0.4, 0.5) is 13.2 Å². The van der Waals surface area contributed by atoms with Crippen LogP contribution in [0.2, 0.25) is 5.22 Å². The second-order valence-corrected chi connectivity index (χ2v) is 6.12. The fraction of sp³-hybridized carbons (Fsp3) is 0.312. The van der Waals surface area contributed by atoms with Gasteiger partial charge in [-0.05, 0) is 35.4 Å². The second kappa shape index (κ2) is 6.28. The molecule has 0 unspecified atom stereocenters. The monoisotopic (exact) mass is 345 g/mol. The van der Waals surface area contributed by atoms with Gasteiger partial charge < -0.3 is 9.73 Å². The molecule has 0 spiro atoms. The predicted octanol–water partition coefficient (Wildman–Crippen LogP) is 4.66. The van der Waals surface area contributed by atoms with Crippen LogP contribution in [0.1, 0.15) is 35.5 Å². The van der Waals surface area contributed by atoms with Crippen molar-refractivity contribution in [2.45, 2.75) is 25.4 Å². The first-order valence-corrected chi connectivity index (χ1v) is 7.19. The molecule has 0 aliphatic rings. The number of amides is 1. The van der Waals surface area contributed by atoms with Crippen LogP contribution < -0.4 is 5.32 Å². The summed E-state index contributed by atoms with van der Waals surface area (Å²) in [6.45, 7) is 3.64. The predicted molar refractivity (Wildman–Crippen MR) is 80.5 cm³/mol. The summed E-state index contributed by atoms with van der Waals surface area (Å²) in [5.74, 6) is -0.424. The summed E-state index contributed by atoms with van der Waals surface area (Å²) in [7, 11) is 0. The first-order valence-electron chi connectivity index (χ1n) is 6.81. The number of hydrogen-bond donors (Lipinski definition) is 1. The summed E-state index contributed by atoms with van der Waals surface area (Å²) in [5, 5.41) is 2.73. The Morgan fingerprint density at radius 1 is 1.17 bits per heavy atom. The topological polar surface area (TPSA) is 42.2 Å². The molecular weight excluding hydrogens is 331 g/mol. The lowest BCUT2D eigenvalue weighted by Gasteiger charge is -2.26.